The van der Waals surface area contributed by atoms with Crippen LogP contribution in [-0.4, -0.2) is 22.8 Å². The lowest BCUT2D eigenvalue weighted by Gasteiger charge is -2.16. The van der Waals surface area contributed by atoms with E-state index in [1.807, 2.05) is 31.2 Å². The van der Waals surface area contributed by atoms with E-state index >= 15 is 0 Å². The van der Waals surface area contributed by atoms with E-state index < -0.39 is 0 Å². The van der Waals surface area contributed by atoms with Crippen molar-refractivity contribution in [1.29, 1.82) is 0 Å². The van der Waals surface area contributed by atoms with Crippen LogP contribution in [0.2, 0.25) is 0 Å². The number of thiocarbonyl (C=S) groups is 1. The second-order valence-electron chi connectivity index (χ2n) is 5.18. The molecule has 4 nitrogen and oxygen atoms in total. The summed E-state index contributed by atoms with van der Waals surface area (Å²) in [6.07, 6.45) is 4.80. The van der Waals surface area contributed by atoms with Crippen molar-refractivity contribution in [1.82, 2.24) is 16.2 Å². The first-order valence-electron chi connectivity index (χ1n) is 7.19. The number of amides is 1. The normalized spacial score (nSPS) is 14.7. The number of carbonyl (C=O) groups is 1. The lowest BCUT2D eigenvalue weighted by Crippen LogP contribution is -2.49. The van der Waals surface area contributed by atoms with Crippen molar-refractivity contribution >= 4 is 35.0 Å². The van der Waals surface area contributed by atoms with Crippen LogP contribution in [0.3, 0.4) is 0 Å². The molecule has 21 heavy (non-hydrogen) atoms. The second-order valence-corrected chi connectivity index (χ2v) is 6.61. The van der Waals surface area contributed by atoms with E-state index in [0.717, 1.165) is 17.7 Å². The summed E-state index contributed by atoms with van der Waals surface area (Å²) < 4.78 is 0. The van der Waals surface area contributed by atoms with Crippen molar-refractivity contribution < 1.29 is 4.79 Å². The highest BCUT2D eigenvalue weighted by Crippen LogP contribution is 2.21. The molecule has 0 unspecified atom stereocenters. The van der Waals surface area contributed by atoms with Crippen LogP contribution in [-0.2, 0) is 4.79 Å². The lowest BCUT2D eigenvalue weighted by atomic mass is 10.2. The summed E-state index contributed by atoms with van der Waals surface area (Å²) in [5.74, 6) is 0.281. The summed E-state index contributed by atoms with van der Waals surface area (Å²) in [6, 6.07) is 8.48. The molecule has 1 fully saturated rings. The minimum atomic E-state index is -0.0844. The first-order valence-corrected chi connectivity index (χ1v) is 8.58. The molecule has 1 amide bonds. The fourth-order valence-electron chi connectivity index (χ4n) is 2.32. The zero-order valence-electron chi connectivity index (χ0n) is 12.1. The molecule has 0 spiro atoms. The molecule has 2 rings (SSSR count). The number of nitrogens with one attached hydrogen (secondary N) is 3. The molecule has 0 bridgehead atoms. The van der Waals surface area contributed by atoms with E-state index in [-0.39, 0.29) is 5.91 Å². The second kappa shape index (κ2) is 8.24. The average Bonchev–Trinajstić information content (AvgIpc) is 2.97. The Morgan fingerprint density at radius 2 is 2.00 bits per heavy atom. The molecule has 0 saturated heterocycles. The van der Waals surface area contributed by atoms with Gasteiger partial charge < -0.3 is 5.32 Å². The summed E-state index contributed by atoms with van der Waals surface area (Å²) in [7, 11) is 0. The summed E-state index contributed by atoms with van der Waals surface area (Å²) >= 11 is 6.69. The Kier molecular flexibility index (Phi) is 6.32. The Morgan fingerprint density at radius 1 is 1.29 bits per heavy atom. The van der Waals surface area contributed by atoms with Gasteiger partial charge in [-0.25, -0.2) is 0 Å². The van der Waals surface area contributed by atoms with Gasteiger partial charge in [0.1, 0.15) is 0 Å². The summed E-state index contributed by atoms with van der Waals surface area (Å²) in [5, 5.41) is 3.71. The highest BCUT2D eigenvalue weighted by Gasteiger charge is 2.15. The van der Waals surface area contributed by atoms with E-state index in [1.165, 1.54) is 30.2 Å². The van der Waals surface area contributed by atoms with E-state index in [0.29, 0.717) is 16.9 Å². The molecule has 0 aliphatic heterocycles. The Labute approximate surface area is 135 Å². The van der Waals surface area contributed by atoms with Crippen LogP contribution in [0.1, 0.15) is 31.2 Å². The molecular formula is C15H21N3OS2. The SMILES string of the molecule is Cc1ccccc1SCC(=O)NNC(=S)NC1CCCC1. The largest absolute Gasteiger partial charge is 0.359 e. The van der Waals surface area contributed by atoms with Gasteiger partial charge in [-0.3, -0.25) is 15.6 Å². The van der Waals surface area contributed by atoms with Gasteiger partial charge in [-0.05, 0) is 43.6 Å². The van der Waals surface area contributed by atoms with Gasteiger partial charge in [-0.2, -0.15) is 0 Å². The minimum Gasteiger partial charge on any atom is -0.359 e. The van der Waals surface area contributed by atoms with E-state index in [4.69, 9.17) is 12.2 Å². The van der Waals surface area contributed by atoms with Crippen molar-refractivity contribution in [2.45, 2.75) is 43.5 Å². The van der Waals surface area contributed by atoms with Gasteiger partial charge in [0, 0.05) is 10.9 Å². The van der Waals surface area contributed by atoms with Crippen molar-refractivity contribution in [3.8, 4) is 0 Å². The smallest absolute Gasteiger partial charge is 0.248 e. The summed E-state index contributed by atoms with van der Waals surface area (Å²) in [6.45, 7) is 2.04. The third kappa shape index (κ3) is 5.55. The predicted octanol–water partition coefficient (Wildman–Crippen LogP) is 2.53. The monoisotopic (exact) mass is 323 g/mol. The number of carbonyl (C=O) groups excluding carboxylic acids is 1. The van der Waals surface area contributed by atoms with Crippen molar-refractivity contribution in [2.24, 2.45) is 0 Å². The molecule has 114 valence electrons. The van der Waals surface area contributed by atoms with Crippen molar-refractivity contribution in [3.63, 3.8) is 0 Å². The average molecular weight is 323 g/mol. The van der Waals surface area contributed by atoms with Gasteiger partial charge in [0.05, 0.1) is 5.75 Å². The maximum Gasteiger partial charge on any atom is 0.248 e. The molecule has 1 aliphatic rings. The molecule has 0 radical (unpaired) electrons. The van der Waals surface area contributed by atoms with Gasteiger partial charge in [-0.1, -0.05) is 31.0 Å². The van der Waals surface area contributed by atoms with Gasteiger partial charge in [0.2, 0.25) is 5.91 Å². The topological polar surface area (TPSA) is 53.2 Å². The Hall–Kier alpha value is -1.27. The Balaban J connectivity index is 1.65. The van der Waals surface area contributed by atoms with Gasteiger partial charge >= 0.3 is 0 Å². The number of rotatable bonds is 4. The highest BCUT2D eigenvalue weighted by atomic mass is 32.2. The molecule has 3 N–H and O–H groups in total. The Morgan fingerprint density at radius 3 is 2.71 bits per heavy atom. The van der Waals surface area contributed by atoms with Gasteiger partial charge in [0.25, 0.3) is 0 Å². The number of benzene rings is 1. The number of hydrogen-bond donors (Lipinski definition) is 3. The maximum absolute atomic E-state index is 11.8. The van der Waals surface area contributed by atoms with Crippen molar-refractivity contribution in [3.05, 3.63) is 29.8 Å². The number of aryl methyl sites for hydroxylation is 1. The van der Waals surface area contributed by atoms with Gasteiger partial charge in [-0.15, -0.1) is 11.8 Å². The van der Waals surface area contributed by atoms with E-state index in [1.54, 1.807) is 0 Å². The summed E-state index contributed by atoms with van der Waals surface area (Å²) in [4.78, 5) is 12.9. The predicted molar refractivity (Wildman–Crippen MR) is 91.2 cm³/mol. The van der Waals surface area contributed by atoms with Crippen LogP contribution in [0.5, 0.6) is 0 Å². The molecule has 0 atom stereocenters. The molecular weight excluding hydrogens is 302 g/mol. The quantitative estimate of drug-likeness (QED) is 0.452. The number of hydrogen-bond acceptors (Lipinski definition) is 3. The van der Waals surface area contributed by atoms with E-state index in [2.05, 4.69) is 16.2 Å². The highest BCUT2D eigenvalue weighted by molar-refractivity contribution is 8.00. The zero-order valence-corrected chi connectivity index (χ0v) is 13.8. The van der Waals surface area contributed by atoms with Crippen LogP contribution < -0.4 is 16.2 Å². The summed E-state index contributed by atoms with van der Waals surface area (Å²) in [5.41, 5.74) is 6.58. The molecule has 1 saturated carbocycles. The van der Waals surface area contributed by atoms with Crippen LogP contribution >= 0.6 is 24.0 Å². The maximum atomic E-state index is 11.8. The van der Waals surface area contributed by atoms with Crippen LogP contribution in [0.25, 0.3) is 0 Å². The fourth-order valence-corrected chi connectivity index (χ4v) is 3.36. The fraction of sp³-hybridized carbons (Fsp3) is 0.467. The minimum absolute atomic E-state index is 0.0844. The lowest BCUT2D eigenvalue weighted by molar-refractivity contribution is -0.119. The molecule has 0 heterocycles. The molecule has 1 aromatic rings. The van der Waals surface area contributed by atoms with Crippen LogP contribution in [0.4, 0.5) is 0 Å². The third-order valence-electron chi connectivity index (χ3n) is 3.46. The van der Waals surface area contributed by atoms with E-state index in [9.17, 15) is 4.79 Å². The number of thioether (sulfide) groups is 1. The number of hydrazine groups is 1. The molecule has 0 aromatic heterocycles. The first kappa shape index (κ1) is 16.1. The van der Waals surface area contributed by atoms with Crippen molar-refractivity contribution in [2.75, 3.05) is 5.75 Å². The van der Waals surface area contributed by atoms with Crippen LogP contribution in [0, 0.1) is 6.92 Å². The van der Waals surface area contributed by atoms with Gasteiger partial charge in [0.15, 0.2) is 5.11 Å². The Bertz CT molecular complexity index is 501. The standard InChI is InChI=1S/C15H21N3OS2/c1-11-6-2-5-9-13(11)21-10-14(19)17-18-15(20)16-12-7-3-4-8-12/h2,5-6,9,12H,3-4,7-8,10H2,1H3,(H,17,19)(H2,16,18,20). The third-order valence-corrected chi connectivity index (χ3v) is 4.85. The molecule has 1 aromatic carbocycles. The zero-order chi connectivity index (χ0) is 15.1. The first-order chi connectivity index (χ1) is 10.1. The molecule has 6 heteroatoms. The van der Waals surface area contributed by atoms with Crippen LogP contribution in [0.15, 0.2) is 29.2 Å². The molecule has 1 aliphatic carbocycles.